The zero-order valence-corrected chi connectivity index (χ0v) is 11.2. The average molecular weight is 275 g/mol. The number of aryl methyl sites for hydroxylation is 1. The lowest BCUT2D eigenvalue weighted by molar-refractivity contribution is 0.0790. The third-order valence-electron chi connectivity index (χ3n) is 2.93. The Labute approximate surface area is 112 Å². The van der Waals surface area contributed by atoms with Gasteiger partial charge in [-0.05, 0) is 37.1 Å². The van der Waals surface area contributed by atoms with Gasteiger partial charge in [0.2, 0.25) is 0 Å². The average Bonchev–Trinajstić information content (AvgIpc) is 2.64. The van der Waals surface area contributed by atoms with Gasteiger partial charge in [-0.15, -0.1) is 12.4 Å². The van der Waals surface area contributed by atoms with Gasteiger partial charge < -0.3 is 10.6 Å². The Morgan fingerprint density at radius 3 is 2.76 bits per heavy atom. The van der Waals surface area contributed by atoms with Gasteiger partial charge in [0, 0.05) is 29.7 Å². The summed E-state index contributed by atoms with van der Waals surface area (Å²) < 4.78 is 0. The minimum absolute atomic E-state index is 0. The predicted octanol–water partition coefficient (Wildman–Crippen LogP) is 2.24. The molecule has 1 aliphatic rings. The Hall–Kier alpha value is -0.770. The lowest BCUT2D eigenvalue weighted by atomic mass is 10.1. The summed E-state index contributed by atoms with van der Waals surface area (Å²) in [5.74, 6) is 0.0575. The van der Waals surface area contributed by atoms with Crippen molar-refractivity contribution in [1.29, 1.82) is 0 Å². The summed E-state index contributed by atoms with van der Waals surface area (Å²) in [5.41, 5.74) is 7.42. The van der Waals surface area contributed by atoms with Gasteiger partial charge in [0.1, 0.15) is 0 Å². The van der Waals surface area contributed by atoms with E-state index in [1.165, 1.54) is 0 Å². The lowest BCUT2D eigenvalue weighted by Gasteiger charge is -2.17. The van der Waals surface area contributed by atoms with Crippen LogP contribution in [0.4, 0.5) is 0 Å². The van der Waals surface area contributed by atoms with Gasteiger partial charge in [-0.1, -0.05) is 11.6 Å². The largest absolute Gasteiger partial charge is 0.337 e. The molecule has 1 aromatic carbocycles. The van der Waals surface area contributed by atoms with Crippen LogP contribution in [0.3, 0.4) is 0 Å². The number of likely N-dealkylation sites (tertiary alicyclic amines) is 1. The number of hydrogen-bond acceptors (Lipinski definition) is 2. The van der Waals surface area contributed by atoms with Crippen LogP contribution in [-0.4, -0.2) is 29.9 Å². The van der Waals surface area contributed by atoms with Crippen molar-refractivity contribution in [3.8, 4) is 0 Å². The molecule has 0 bridgehead atoms. The summed E-state index contributed by atoms with van der Waals surface area (Å²) in [5, 5.41) is 0.659. The summed E-state index contributed by atoms with van der Waals surface area (Å²) in [4.78, 5) is 14.0. The number of hydrogen-bond donors (Lipinski definition) is 1. The third kappa shape index (κ3) is 3.12. The molecule has 0 spiro atoms. The molecule has 0 radical (unpaired) electrons. The van der Waals surface area contributed by atoms with E-state index in [1.54, 1.807) is 17.0 Å². The van der Waals surface area contributed by atoms with E-state index < -0.39 is 0 Å². The smallest absolute Gasteiger partial charge is 0.254 e. The molecule has 2 N–H and O–H groups in total. The molecule has 94 valence electrons. The Kier molecular flexibility index (Phi) is 4.80. The first-order valence-electron chi connectivity index (χ1n) is 5.39. The molecule has 0 aromatic heterocycles. The van der Waals surface area contributed by atoms with Crippen LogP contribution in [0, 0.1) is 6.92 Å². The van der Waals surface area contributed by atoms with Crippen molar-refractivity contribution in [2.75, 3.05) is 13.1 Å². The molecule has 0 aliphatic carbocycles. The number of carbonyl (C=O) groups excluding carboxylic acids is 1. The highest BCUT2D eigenvalue weighted by Crippen LogP contribution is 2.19. The molecule has 0 saturated carbocycles. The topological polar surface area (TPSA) is 46.3 Å². The summed E-state index contributed by atoms with van der Waals surface area (Å²) >= 11 is 5.86. The lowest BCUT2D eigenvalue weighted by Crippen LogP contribution is -2.32. The fourth-order valence-corrected chi connectivity index (χ4v) is 2.24. The fraction of sp³-hybridized carbons (Fsp3) is 0.417. The molecule has 1 aliphatic heterocycles. The van der Waals surface area contributed by atoms with Gasteiger partial charge in [-0.3, -0.25) is 4.79 Å². The van der Waals surface area contributed by atoms with Gasteiger partial charge in [0.05, 0.1) is 0 Å². The maximum atomic E-state index is 12.2. The number of halogens is 2. The van der Waals surface area contributed by atoms with Crippen LogP contribution in [0.1, 0.15) is 22.3 Å². The van der Waals surface area contributed by atoms with Crippen molar-refractivity contribution in [2.45, 2.75) is 19.4 Å². The van der Waals surface area contributed by atoms with Crippen LogP contribution in [-0.2, 0) is 0 Å². The zero-order chi connectivity index (χ0) is 11.7. The number of amides is 1. The van der Waals surface area contributed by atoms with Crippen LogP contribution in [0.25, 0.3) is 0 Å². The first-order chi connectivity index (χ1) is 7.58. The molecule has 2 rings (SSSR count). The van der Waals surface area contributed by atoms with Crippen molar-refractivity contribution in [2.24, 2.45) is 5.73 Å². The van der Waals surface area contributed by atoms with E-state index in [0.717, 1.165) is 24.1 Å². The van der Waals surface area contributed by atoms with Crippen LogP contribution < -0.4 is 5.73 Å². The number of carbonyl (C=O) groups is 1. The molecule has 1 atom stereocenters. The van der Waals surface area contributed by atoms with Gasteiger partial charge in [-0.2, -0.15) is 0 Å². The Morgan fingerprint density at radius 2 is 2.24 bits per heavy atom. The normalized spacial score (nSPS) is 19.0. The summed E-state index contributed by atoms with van der Waals surface area (Å²) in [6.45, 7) is 3.30. The summed E-state index contributed by atoms with van der Waals surface area (Å²) in [6.07, 6.45) is 0.887. The molecular formula is C12H16Cl2N2O. The number of benzene rings is 1. The molecule has 1 fully saturated rings. The minimum Gasteiger partial charge on any atom is -0.337 e. The highest BCUT2D eigenvalue weighted by Gasteiger charge is 2.25. The van der Waals surface area contributed by atoms with E-state index in [0.29, 0.717) is 11.6 Å². The van der Waals surface area contributed by atoms with E-state index in [2.05, 4.69) is 0 Å². The first kappa shape index (κ1) is 14.3. The van der Waals surface area contributed by atoms with Gasteiger partial charge in [0.25, 0.3) is 5.91 Å². The molecule has 5 heteroatoms. The first-order valence-corrected chi connectivity index (χ1v) is 5.76. The van der Waals surface area contributed by atoms with Crippen molar-refractivity contribution in [3.05, 3.63) is 34.3 Å². The Balaban J connectivity index is 0.00000144. The minimum atomic E-state index is 0. The van der Waals surface area contributed by atoms with E-state index in [-0.39, 0.29) is 24.4 Å². The van der Waals surface area contributed by atoms with Crippen LogP contribution in [0.5, 0.6) is 0 Å². The molecule has 1 amide bonds. The zero-order valence-electron chi connectivity index (χ0n) is 9.65. The highest BCUT2D eigenvalue weighted by molar-refractivity contribution is 6.30. The maximum Gasteiger partial charge on any atom is 0.254 e. The van der Waals surface area contributed by atoms with Gasteiger partial charge >= 0.3 is 0 Å². The molecule has 3 nitrogen and oxygen atoms in total. The second-order valence-corrected chi connectivity index (χ2v) is 4.70. The standard InChI is InChI=1S/C12H15ClN2O.ClH/c1-8-6-9(13)2-3-11(8)12(16)15-5-4-10(14)7-15;/h2-3,6,10H,4-5,7,14H2,1H3;1H/t10-;/m1./s1. The van der Waals surface area contributed by atoms with Crippen molar-refractivity contribution in [3.63, 3.8) is 0 Å². The van der Waals surface area contributed by atoms with Crippen molar-refractivity contribution in [1.82, 2.24) is 4.90 Å². The van der Waals surface area contributed by atoms with Crippen LogP contribution >= 0.6 is 24.0 Å². The molecule has 17 heavy (non-hydrogen) atoms. The maximum absolute atomic E-state index is 12.2. The predicted molar refractivity (Wildman–Crippen MR) is 71.9 cm³/mol. The molecular weight excluding hydrogens is 259 g/mol. The van der Waals surface area contributed by atoms with Crippen LogP contribution in [0.2, 0.25) is 5.02 Å². The molecule has 1 saturated heterocycles. The Morgan fingerprint density at radius 1 is 1.53 bits per heavy atom. The van der Waals surface area contributed by atoms with E-state index in [4.69, 9.17) is 17.3 Å². The molecule has 1 aromatic rings. The molecule has 1 heterocycles. The second kappa shape index (κ2) is 5.71. The monoisotopic (exact) mass is 274 g/mol. The second-order valence-electron chi connectivity index (χ2n) is 4.26. The van der Waals surface area contributed by atoms with E-state index in [1.807, 2.05) is 13.0 Å². The van der Waals surface area contributed by atoms with Gasteiger partial charge in [0.15, 0.2) is 0 Å². The van der Waals surface area contributed by atoms with E-state index >= 15 is 0 Å². The third-order valence-corrected chi connectivity index (χ3v) is 3.17. The number of nitrogens with zero attached hydrogens (tertiary/aromatic N) is 1. The van der Waals surface area contributed by atoms with Crippen molar-refractivity contribution >= 4 is 29.9 Å². The van der Waals surface area contributed by atoms with E-state index in [9.17, 15) is 4.79 Å². The molecule has 0 unspecified atom stereocenters. The quantitative estimate of drug-likeness (QED) is 0.854. The summed E-state index contributed by atoms with van der Waals surface area (Å²) in [7, 11) is 0. The van der Waals surface area contributed by atoms with Crippen LogP contribution in [0.15, 0.2) is 18.2 Å². The SMILES string of the molecule is Cc1cc(Cl)ccc1C(=O)N1CC[C@@H](N)C1.Cl. The number of rotatable bonds is 1. The fourth-order valence-electron chi connectivity index (χ4n) is 2.01. The van der Waals surface area contributed by atoms with Crippen molar-refractivity contribution < 1.29 is 4.79 Å². The highest BCUT2D eigenvalue weighted by atomic mass is 35.5. The number of nitrogens with two attached hydrogens (primary N) is 1. The van der Waals surface area contributed by atoms with Gasteiger partial charge in [-0.25, -0.2) is 0 Å². The Bertz CT molecular complexity index is 423. The summed E-state index contributed by atoms with van der Waals surface area (Å²) in [6, 6.07) is 5.46.